The Kier molecular flexibility index (Phi) is 2.84. The number of carbonyl (C=O) groups excluding carboxylic acids is 1. The first-order valence-electron chi connectivity index (χ1n) is 3.41. The Labute approximate surface area is 70.3 Å². The number of nitrogens with zero attached hydrogens (tertiary/aromatic N) is 1. The summed E-state index contributed by atoms with van der Waals surface area (Å²) < 4.78 is 0. The molecule has 0 spiro atoms. The number of anilines is 1. The molecule has 4 nitrogen and oxygen atoms in total. The lowest BCUT2D eigenvalue weighted by Gasteiger charge is -2.01. The van der Waals surface area contributed by atoms with Crippen LogP contribution in [0.2, 0.25) is 0 Å². The number of hydrogen-bond donors (Lipinski definition) is 2. The van der Waals surface area contributed by atoms with Gasteiger partial charge in [-0.1, -0.05) is 6.58 Å². The van der Waals surface area contributed by atoms with E-state index in [9.17, 15) is 4.79 Å². The molecule has 0 aliphatic carbocycles. The highest BCUT2D eigenvalue weighted by molar-refractivity contribution is 5.89. The molecule has 0 unspecified atom stereocenters. The summed E-state index contributed by atoms with van der Waals surface area (Å²) in [6, 6.07) is 3.16. The number of nitrogens with one attached hydrogen (secondary N) is 2. The van der Waals surface area contributed by atoms with Crippen molar-refractivity contribution in [3.8, 4) is 0 Å². The van der Waals surface area contributed by atoms with E-state index in [1.165, 1.54) is 6.20 Å². The van der Waals surface area contributed by atoms with Gasteiger partial charge in [0, 0.05) is 6.20 Å². The van der Waals surface area contributed by atoms with Gasteiger partial charge in [-0.15, -0.1) is 0 Å². The second-order valence-corrected chi connectivity index (χ2v) is 2.04. The van der Waals surface area contributed by atoms with Crippen LogP contribution in [0.3, 0.4) is 0 Å². The highest BCUT2D eigenvalue weighted by Gasteiger charge is 1.96. The van der Waals surface area contributed by atoms with E-state index in [1.54, 1.807) is 24.5 Å². The zero-order valence-corrected chi connectivity index (χ0v) is 6.45. The third-order valence-corrected chi connectivity index (χ3v) is 1.15. The topological polar surface area (TPSA) is 54.0 Å². The summed E-state index contributed by atoms with van der Waals surface area (Å²) in [5.41, 5.74) is 0.650. The lowest BCUT2D eigenvalue weighted by molar-refractivity contribution is 0.255. The van der Waals surface area contributed by atoms with Crippen LogP contribution in [0, 0.1) is 0 Å². The maximum Gasteiger partial charge on any atom is 0.323 e. The van der Waals surface area contributed by atoms with Crippen molar-refractivity contribution < 1.29 is 4.79 Å². The third-order valence-electron chi connectivity index (χ3n) is 1.15. The van der Waals surface area contributed by atoms with Crippen LogP contribution in [0.15, 0.2) is 37.3 Å². The van der Waals surface area contributed by atoms with Gasteiger partial charge in [-0.25, -0.2) is 4.79 Å². The van der Waals surface area contributed by atoms with E-state index in [0.29, 0.717) is 5.69 Å². The first kappa shape index (κ1) is 8.26. The summed E-state index contributed by atoms with van der Waals surface area (Å²) in [5, 5.41) is 4.94. The van der Waals surface area contributed by atoms with Gasteiger partial charge < -0.3 is 10.6 Å². The first-order valence-corrected chi connectivity index (χ1v) is 3.41. The SMILES string of the molecule is C=CNC(=O)Nc1cccnc1. The Bertz CT molecular complexity index is 271. The van der Waals surface area contributed by atoms with Crippen molar-refractivity contribution in [3.05, 3.63) is 37.3 Å². The molecule has 12 heavy (non-hydrogen) atoms. The number of carbonyl (C=O) groups is 1. The quantitative estimate of drug-likeness (QED) is 0.691. The highest BCUT2D eigenvalue weighted by Crippen LogP contribution is 2.01. The van der Waals surface area contributed by atoms with Crippen LogP contribution in [0.25, 0.3) is 0 Å². The Morgan fingerprint density at radius 2 is 2.50 bits per heavy atom. The molecule has 1 aromatic rings. The zero-order valence-electron chi connectivity index (χ0n) is 6.45. The maximum absolute atomic E-state index is 10.9. The molecular weight excluding hydrogens is 154 g/mol. The van der Waals surface area contributed by atoms with Gasteiger partial charge >= 0.3 is 6.03 Å². The second kappa shape index (κ2) is 4.12. The van der Waals surface area contributed by atoms with Crippen LogP contribution < -0.4 is 10.6 Å². The molecule has 0 saturated carbocycles. The minimum atomic E-state index is -0.321. The molecule has 2 N–H and O–H groups in total. The van der Waals surface area contributed by atoms with Crippen molar-refractivity contribution in [3.63, 3.8) is 0 Å². The van der Waals surface area contributed by atoms with Gasteiger partial charge in [0.25, 0.3) is 0 Å². The van der Waals surface area contributed by atoms with Gasteiger partial charge in [0.05, 0.1) is 11.9 Å². The van der Waals surface area contributed by atoms with Crippen molar-refractivity contribution >= 4 is 11.7 Å². The number of amides is 2. The van der Waals surface area contributed by atoms with Crippen molar-refractivity contribution in [2.24, 2.45) is 0 Å². The Morgan fingerprint density at radius 3 is 3.08 bits per heavy atom. The first-order chi connectivity index (χ1) is 5.83. The second-order valence-electron chi connectivity index (χ2n) is 2.04. The van der Waals surface area contributed by atoms with Gasteiger partial charge in [0.1, 0.15) is 0 Å². The van der Waals surface area contributed by atoms with Gasteiger partial charge in [0.15, 0.2) is 0 Å². The number of aromatic nitrogens is 1. The zero-order chi connectivity index (χ0) is 8.81. The average molecular weight is 163 g/mol. The van der Waals surface area contributed by atoms with E-state index < -0.39 is 0 Å². The monoisotopic (exact) mass is 163 g/mol. The fourth-order valence-corrected chi connectivity index (χ4v) is 0.697. The standard InChI is InChI=1S/C8H9N3O/c1-2-10-8(12)11-7-4-3-5-9-6-7/h2-6H,1H2,(H2,10,11,12). The maximum atomic E-state index is 10.9. The molecule has 62 valence electrons. The van der Waals surface area contributed by atoms with E-state index in [0.717, 1.165) is 0 Å². The number of rotatable bonds is 2. The molecule has 0 aliphatic rings. The fraction of sp³-hybridized carbons (Fsp3) is 0. The number of urea groups is 1. The predicted octanol–water partition coefficient (Wildman–Crippen LogP) is 1.35. The predicted molar refractivity (Wildman–Crippen MR) is 46.6 cm³/mol. The largest absolute Gasteiger partial charge is 0.323 e. The van der Waals surface area contributed by atoms with E-state index in [2.05, 4.69) is 22.2 Å². The van der Waals surface area contributed by atoms with Crippen molar-refractivity contribution in [2.45, 2.75) is 0 Å². The van der Waals surface area contributed by atoms with E-state index >= 15 is 0 Å². The third kappa shape index (κ3) is 2.42. The number of pyridine rings is 1. The van der Waals surface area contributed by atoms with Crippen molar-refractivity contribution in [1.29, 1.82) is 0 Å². The molecule has 0 saturated heterocycles. The molecule has 2 amide bonds. The molecule has 0 fully saturated rings. The van der Waals surface area contributed by atoms with Crippen LogP contribution in [0.5, 0.6) is 0 Å². The van der Waals surface area contributed by atoms with Crippen LogP contribution in [0.4, 0.5) is 10.5 Å². The van der Waals surface area contributed by atoms with Crippen LogP contribution in [-0.2, 0) is 0 Å². The summed E-state index contributed by atoms with van der Waals surface area (Å²) in [6.07, 6.45) is 4.50. The average Bonchev–Trinajstić information content (AvgIpc) is 2.06. The summed E-state index contributed by atoms with van der Waals surface area (Å²) in [4.78, 5) is 14.7. The van der Waals surface area contributed by atoms with E-state index in [-0.39, 0.29) is 6.03 Å². The normalized spacial score (nSPS) is 8.67. The molecule has 1 aromatic heterocycles. The van der Waals surface area contributed by atoms with Gasteiger partial charge in [-0.05, 0) is 18.3 Å². The fourth-order valence-electron chi connectivity index (χ4n) is 0.697. The minimum Gasteiger partial charge on any atom is -0.315 e. The number of hydrogen-bond acceptors (Lipinski definition) is 2. The Hall–Kier alpha value is -1.84. The van der Waals surface area contributed by atoms with Crippen LogP contribution in [0.1, 0.15) is 0 Å². The van der Waals surface area contributed by atoms with Crippen LogP contribution >= 0.6 is 0 Å². The van der Waals surface area contributed by atoms with Gasteiger partial charge in [0.2, 0.25) is 0 Å². The molecule has 0 radical (unpaired) electrons. The molecular formula is C8H9N3O. The summed E-state index contributed by atoms with van der Waals surface area (Å²) in [6.45, 7) is 3.35. The molecule has 4 heteroatoms. The summed E-state index contributed by atoms with van der Waals surface area (Å²) >= 11 is 0. The molecule has 1 heterocycles. The molecule has 1 rings (SSSR count). The minimum absolute atomic E-state index is 0.321. The molecule has 0 aliphatic heterocycles. The Balaban J connectivity index is 2.52. The molecule has 0 atom stereocenters. The van der Waals surface area contributed by atoms with E-state index in [4.69, 9.17) is 0 Å². The van der Waals surface area contributed by atoms with Crippen molar-refractivity contribution in [1.82, 2.24) is 10.3 Å². The smallest absolute Gasteiger partial charge is 0.315 e. The lowest BCUT2D eigenvalue weighted by atomic mass is 10.4. The summed E-state index contributed by atoms with van der Waals surface area (Å²) in [7, 11) is 0. The van der Waals surface area contributed by atoms with E-state index in [1.807, 2.05) is 0 Å². The molecule has 0 bridgehead atoms. The lowest BCUT2D eigenvalue weighted by Crippen LogP contribution is -2.23. The van der Waals surface area contributed by atoms with Crippen LogP contribution in [-0.4, -0.2) is 11.0 Å². The van der Waals surface area contributed by atoms with Gasteiger partial charge in [-0.3, -0.25) is 4.98 Å². The van der Waals surface area contributed by atoms with Gasteiger partial charge in [-0.2, -0.15) is 0 Å². The Morgan fingerprint density at radius 1 is 1.67 bits per heavy atom. The summed E-state index contributed by atoms with van der Waals surface area (Å²) in [5.74, 6) is 0. The van der Waals surface area contributed by atoms with Crippen molar-refractivity contribution in [2.75, 3.05) is 5.32 Å². The highest BCUT2D eigenvalue weighted by atomic mass is 16.2. The molecule has 0 aromatic carbocycles.